The van der Waals surface area contributed by atoms with E-state index in [9.17, 15) is 4.79 Å². The molecule has 2 aliphatic carbocycles. The highest BCUT2D eigenvalue weighted by Gasteiger charge is 2.28. The maximum absolute atomic E-state index is 11.9. The summed E-state index contributed by atoms with van der Waals surface area (Å²) in [7, 11) is 0. The quantitative estimate of drug-likeness (QED) is 0.808. The zero-order chi connectivity index (χ0) is 16.9. The predicted octanol–water partition coefficient (Wildman–Crippen LogP) is 4.09. The summed E-state index contributed by atoms with van der Waals surface area (Å²) < 4.78 is 5.38. The third-order valence-electron chi connectivity index (χ3n) is 4.87. The Hall–Kier alpha value is -0.420. The molecule has 2 aliphatic rings. The van der Waals surface area contributed by atoms with Gasteiger partial charge in [0.05, 0.1) is 0 Å². The standard InChI is InChI=1S/C18H34N2O2S/c1-18(2,3)22-17(21)20-15-7-5-6-14(12-15)19-13-8-10-16(23-4)11-9-13/h13-16,19H,5-12H2,1-4H3,(H,20,21). The predicted molar refractivity (Wildman–Crippen MR) is 98.1 cm³/mol. The molecule has 0 bridgehead atoms. The topological polar surface area (TPSA) is 50.4 Å². The number of hydrogen-bond donors (Lipinski definition) is 2. The molecule has 0 radical (unpaired) electrons. The van der Waals surface area contributed by atoms with Crippen LogP contribution in [0.3, 0.4) is 0 Å². The molecule has 0 aromatic carbocycles. The molecular weight excluding hydrogens is 308 g/mol. The van der Waals surface area contributed by atoms with Crippen LogP contribution in [-0.2, 0) is 4.74 Å². The second-order valence-corrected chi connectivity index (χ2v) is 9.22. The fourth-order valence-electron chi connectivity index (χ4n) is 3.75. The first kappa shape index (κ1) is 18.9. The molecule has 5 heteroatoms. The lowest BCUT2D eigenvalue weighted by molar-refractivity contribution is 0.0487. The summed E-state index contributed by atoms with van der Waals surface area (Å²) in [4.78, 5) is 11.9. The molecule has 2 atom stereocenters. The number of ether oxygens (including phenoxy) is 1. The third-order valence-corrected chi connectivity index (χ3v) is 6.01. The minimum absolute atomic E-state index is 0.249. The highest BCUT2D eigenvalue weighted by molar-refractivity contribution is 7.99. The van der Waals surface area contributed by atoms with Crippen LogP contribution >= 0.6 is 11.8 Å². The number of alkyl carbamates (subject to hydrolysis) is 1. The first-order chi connectivity index (χ1) is 10.9. The van der Waals surface area contributed by atoms with Gasteiger partial charge in [0.15, 0.2) is 0 Å². The molecule has 2 N–H and O–H groups in total. The molecule has 0 aliphatic heterocycles. The fourth-order valence-corrected chi connectivity index (χ4v) is 4.49. The van der Waals surface area contributed by atoms with Gasteiger partial charge < -0.3 is 15.4 Å². The van der Waals surface area contributed by atoms with Crippen LogP contribution in [0, 0.1) is 0 Å². The SMILES string of the molecule is CSC1CCC(NC2CCCC(NC(=O)OC(C)(C)C)C2)CC1. The Morgan fingerprint density at radius 2 is 1.65 bits per heavy atom. The average Bonchev–Trinajstić information content (AvgIpc) is 2.46. The van der Waals surface area contributed by atoms with E-state index in [1.54, 1.807) is 0 Å². The number of carbonyl (C=O) groups excluding carboxylic acids is 1. The van der Waals surface area contributed by atoms with Gasteiger partial charge in [0.25, 0.3) is 0 Å². The van der Waals surface area contributed by atoms with E-state index >= 15 is 0 Å². The van der Waals surface area contributed by atoms with E-state index in [-0.39, 0.29) is 12.1 Å². The lowest BCUT2D eigenvalue weighted by Gasteiger charge is -2.36. The van der Waals surface area contributed by atoms with Crippen LogP contribution < -0.4 is 10.6 Å². The molecule has 0 spiro atoms. The first-order valence-electron chi connectivity index (χ1n) is 9.14. The van der Waals surface area contributed by atoms with Crippen molar-refractivity contribution in [2.45, 2.75) is 101 Å². The number of rotatable bonds is 4. The Kier molecular flexibility index (Phi) is 7.08. The van der Waals surface area contributed by atoms with Crippen LogP contribution in [0.5, 0.6) is 0 Å². The van der Waals surface area contributed by atoms with E-state index in [1.807, 2.05) is 32.5 Å². The molecule has 2 rings (SSSR count). The molecule has 134 valence electrons. The first-order valence-corrected chi connectivity index (χ1v) is 10.4. The second kappa shape index (κ2) is 8.61. The van der Waals surface area contributed by atoms with E-state index in [2.05, 4.69) is 16.9 Å². The van der Waals surface area contributed by atoms with Crippen molar-refractivity contribution in [3.05, 3.63) is 0 Å². The summed E-state index contributed by atoms with van der Waals surface area (Å²) >= 11 is 2.02. The van der Waals surface area contributed by atoms with E-state index in [1.165, 1.54) is 38.5 Å². The largest absolute Gasteiger partial charge is 0.444 e. The van der Waals surface area contributed by atoms with Gasteiger partial charge in [0.2, 0.25) is 0 Å². The van der Waals surface area contributed by atoms with Gasteiger partial charge in [-0.3, -0.25) is 0 Å². The smallest absolute Gasteiger partial charge is 0.407 e. The molecule has 0 aromatic rings. The molecule has 2 unspecified atom stereocenters. The van der Waals surface area contributed by atoms with Gasteiger partial charge in [-0.15, -0.1) is 0 Å². The third kappa shape index (κ3) is 6.92. The minimum atomic E-state index is -0.424. The molecule has 23 heavy (non-hydrogen) atoms. The maximum atomic E-state index is 11.9. The highest BCUT2D eigenvalue weighted by atomic mass is 32.2. The van der Waals surface area contributed by atoms with E-state index in [4.69, 9.17) is 4.74 Å². The number of thioether (sulfide) groups is 1. The van der Waals surface area contributed by atoms with Gasteiger partial charge in [0.1, 0.15) is 5.60 Å². The van der Waals surface area contributed by atoms with Crippen molar-refractivity contribution in [2.75, 3.05) is 6.26 Å². The van der Waals surface area contributed by atoms with Crippen LogP contribution in [0.4, 0.5) is 4.79 Å². The summed E-state index contributed by atoms with van der Waals surface area (Å²) in [6.07, 6.45) is 11.7. The van der Waals surface area contributed by atoms with Gasteiger partial charge in [-0.1, -0.05) is 0 Å². The number of carbonyl (C=O) groups is 1. The van der Waals surface area contributed by atoms with E-state index in [0.717, 1.165) is 18.1 Å². The molecule has 0 heterocycles. The zero-order valence-corrected chi connectivity index (χ0v) is 16.0. The van der Waals surface area contributed by atoms with Crippen LogP contribution in [0.1, 0.15) is 72.1 Å². The van der Waals surface area contributed by atoms with E-state index in [0.29, 0.717) is 12.1 Å². The lowest BCUT2D eigenvalue weighted by atomic mass is 9.88. The van der Waals surface area contributed by atoms with Crippen LogP contribution in [0.15, 0.2) is 0 Å². The van der Waals surface area contributed by atoms with Crippen molar-refractivity contribution in [1.82, 2.24) is 10.6 Å². The summed E-state index contributed by atoms with van der Waals surface area (Å²) in [5, 5.41) is 7.77. The summed E-state index contributed by atoms with van der Waals surface area (Å²) in [5.74, 6) is 0. The van der Waals surface area contributed by atoms with Crippen molar-refractivity contribution >= 4 is 17.9 Å². The molecule has 2 saturated carbocycles. The normalized spacial score (nSPS) is 32.3. The van der Waals surface area contributed by atoms with Gasteiger partial charge in [-0.05, 0) is 78.4 Å². The Morgan fingerprint density at radius 1 is 1.00 bits per heavy atom. The van der Waals surface area contributed by atoms with Crippen molar-refractivity contribution in [3.8, 4) is 0 Å². The number of nitrogens with one attached hydrogen (secondary N) is 2. The summed E-state index contributed by atoms with van der Waals surface area (Å²) in [6, 6.07) is 1.46. The Balaban J connectivity index is 1.72. The highest BCUT2D eigenvalue weighted by Crippen LogP contribution is 2.28. The molecule has 0 aromatic heterocycles. The Bertz CT molecular complexity index is 376. The molecular formula is C18H34N2O2S. The van der Waals surface area contributed by atoms with Crippen LogP contribution in [0.25, 0.3) is 0 Å². The van der Waals surface area contributed by atoms with Gasteiger partial charge in [0, 0.05) is 23.4 Å². The second-order valence-electron chi connectivity index (χ2n) is 8.08. The van der Waals surface area contributed by atoms with Crippen molar-refractivity contribution < 1.29 is 9.53 Å². The molecule has 4 nitrogen and oxygen atoms in total. The molecule has 0 saturated heterocycles. The monoisotopic (exact) mass is 342 g/mol. The molecule has 1 amide bonds. The Morgan fingerprint density at radius 3 is 2.26 bits per heavy atom. The maximum Gasteiger partial charge on any atom is 0.407 e. The van der Waals surface area contributed by atoms with Crippen molar-refractivity contribution in [1.29, 1.82) is 0 Å². The number of hydrogen-bond acceptors (Lipinski definition) is 4. The molecule has 2 fully saturated rings. The van der Waals surface area contributed by atoms with Gasteiger partial charge in [-0.2, -0.15) is 11.8 Å². The zero-order valence-electron chi connectivity index (χ0n) is 15.2. The van der Waals surface area contributed by atoms with Gasteiger partial charge >= 0.3 is 6.09 Å². The fraction of sp³-hybridized carbons (Fsp3) is 0.944. The Labute approximate surface area is 145 Å². The average molecular weight is 343 g/mol. The lowest BCUT2D eigenvalue weighted by Crippen LogP contribution is -2.48. The van der Waals surface area contributed by atoms with Crippen LogP contribution in [0.2, 0.25) is 0 Å². The van der Waals surface area contributed by atoms with Crippen LogP contribution in [-0.4, -0.2) is 41.3 Å². The summed E-state index contributed by atoms with van der Waals surface area (Å²) in [5.41, 5.74) is -0.424. The number of amides is 1. The van der Waals surface area contributed by atoms with Crippen molar-refractivity contribution in [2.24, 2.45) is 0 Å². The summed E-state index contributed by atoms with van der Waals surface area (Å²) in [6.45, 7) is 5.72. The van der Waals surface area contributed by atoms with Crippen molar-refractivity contribution in [3.63, 3.8) is 0 Å². The van der Waals surface area contributed by atoms with E-state index < -0.39 is 5.60 Å². The van der Waals surface area contributed by atoms with Gasteiger partial charge in [-0.25, -0.2) is 4.79 Å². The minimum Gasteiger partial charge on any atom is -0.444 e.